The molecule has 21 heavy (non-hydrogen) atoms. The molecule has 1 aromatic heterocycles. The van der Waals surface area contributed by atoms with Crippen LogP contribution in [0.5, 0.6) is 0 Å². The number of anilines is 1. The molecule has 0 aliphatic heterocycles. The lowest BCUT2D eigenvalue weighted by atomic mass is 10.2. The van der Waals surface area contributed by atoms with Crippen molar-refractivity contribution in [1.82, 2.24) is 10.2 Å². The van der Waals surface area contributed by atoms with Gasteiger partial charge in [-0.3, -0.25) is 9.89 Å². The van der Waals surface area contributed by atoms with Crippen LogP contribution in [-0.2, 0) is 9.05 Å². The fourth-order valence-electron chi connectivity index (χ4n) is 1.77. The Morgan fingerprint density at radius 2 is 2.00 bits per heavy atom. The van der Waals surface area contributed by atoms with E-state index < -0.39 is 15.0 Å². The Labute approximate surface area is 130 Å². The number of aromatic nitrogens is 2. The first-order valence-corrected chi connectivity index (χ1v) is 8.45. The van der Waals surface area contributed by atoms with Crippen molar-refractivity contribution in [3.05, 3.63) is 40.2 Å². The SMILES string of the molecule is Cc1cc(S(=O)(=O)Cl)cc(Cl)c1NC(=O)c1cn[nH]c1C. The van der Waals surface area contributed by atoms with Crippen LogP contribution in [0.15, 0.2) is 23.2 Å². The zero-order valence-corrected chi connectivity index (χ0v) is 13.4. The summed E-state index contributed by atoms with van der Waals surface area (Å²) in [6.45, 7) is 3.33. The summed E-state index contributed by atoms with van der Waals surface area (Å²) in [6.07, 6.45) is 1.39. The van der Waals surface area contributed by atoms with Gasteiger partial charge in [-0.25, -0.2) is 8.42 Å². The Morgan fingerprint density at radius 1 is 1.33 bits per heavy atom. The average Bonchev–Trinajstić information content (AvgIpc) is 2.78. The number of aryl methyl sites for hydroxylation is 2. The topological polar surface area (TPSA) is 91.9 Å². The zero-order valence-electron chi connectivity index (χ0n) is 11.1. The molecule has 2 N–H and O–H groups in total. The van der Waals surface area contributed by atoms with Crippen LogP contribution in [0.2, 0.25) is 5.02 Å². The molecule has 0 saturated carbocycles. The zero-order chi connectivity index (χ0) is 15.8. The van der Waals surface area contributed by atoms with Gasteiger partial charge in [-0.1, -0.05) is 11.6 Å². The minimum absolute atomic E-state index is 0.0868. The molecule has 0 spiro atoms. The number of nitrogens with one attached hydrogen (secondary N) is 2. The Balaban J connectivity index is 2.38. The molecule has 9 heteroatoms. The third-order valence-electron chi connectivity index (χ3n) is 2.86. The predicted molar refractivity (Wildman–Crippen MR) is 80.5 cm³/mol. The number of aromatic amines is 1. The predicted octanol–water partition coefficient (Wildman–Crippen LogP) is 2.86. The second-order valence-corrected chi connectivity index (χ2v) is 7.37. The molecule has 0 fully saturated rings. The van der Waals surface area contributed by atoms with Crippen LogP contribution >= 0.6 is 22.3 Å². The van der Waals surface area contributed by atoms with Crippen molar-refractivity contribution in [2.75, 3.05) is 5.32 Å². The lowest BCUT2D eigenvalue weighted by Crippen LogP contribution is -2.14. The molecule has 0 bridgehead atoms. The quantitative estimate of drug-likeness (QED) is 0.835. The van der Waals surface area contributed by atoms with Crippen molar-refractivity contribution in [2.45, 2.75) is 18.7 Å². The Morgan fingerprint density at radius 3 is 2.48 bits per heavy atom. The van der Waals surface area contributed by atoms with Gasteiger partial charge in [0.05, 0.1) is 27.4 Å². The smallest absolute Gasteiger partial charge is 0.261 e. The van der Waals surface area contributed by atoms with Crippen LogP contribution < -0.4 is 5.32 Å². The highest BCUT2D eigenvalue weighted by Gasteiger charge is 2.18. The number of benzene rings is 1. The van der Waals surface area contributed by atoms with Crippen molar-refractivity contribution < 1.29 is 13.2 Å². The summed E-state index contributed by atoms with van der Waals surface area (Å²) in [5.74, 6) is -0.396. The van der Waals surface area contributed by atoms with Crippen LogP contribution in [0, 0.1) is 13.8 Å². The fourth-order valence-corrected chi connectivity index (χ4v) is 2.99. The van der Waals surface area contributed by atoms with E-state index in [1.165, 1.54) is 18.3 Å². The van der Waals surface area contributed by atoms with E-state index in [2.05, 4.69) is 15.5 Å². The van der Waals surface area contributed by atoms with Crippen LogP contribution in [0.1, 0.15) is 21.6 Å². The van der Waals surface area contributed by atoms with Crippen molar-refractivity contribution in [1.29, 1.82) is 0 Å². The molecular weight excluding hydrogens is 337 g/mol. The summed E-state index contributed by atoms with van der Waals surface area (Å²) in [6, 6.07) is 2.53. The Hall–Kier alpha value is -1.57. The molecule has 2 rings (SSSR count). The third kappa shape index (κ3) is 3.37. The maximum atomic E-state index is 12.1. The van der Waals surface area contributed by atoms with Crippen LogP contribution in [-0.4, -0.2) is 24.5 Å². The van der Waals surface area contributed by atoms with Gasteiger partial charge in [0.2, 0.25) is 0 Å². The van der Waals surface area contributed by atoms with E-state index in [1.807, 2.05) is 0 Å². The molecule has 0 saturated heterocycles. The van der Waals surface area contributed by atoms with E-state index in [4.69, 9.17) is 22.3 Å². The number of amides is 1. The summed E-state index contributed by atoms with van der Waals surface area (Å²) in [4.78, 5) is 12.0. The molecule has 1 aromatic carbocycles. The van der Waals surface area contributed by atoms with Gasteiger partial charge in [-0.15, -0.1) is 0 Å². The van der Waals surface area contributed by atoms with Gasteiger partial charge < -0.3 is 5.32 Å². The number of carbonyl (C=O) groups excluding carboxylic acids is 1. The molecule has 0 atom stereocenters. The van der Waals surface area contributed by atoms with Crippen LogP contribution in [0.4, 0.5) is 5.69 Å². The normalized spacial score (nSPS) is 11.4. The third-order valence-corrected chi connectivity index (χ3v) is 4.49. The molecular formula is C12H11Cl2N3O3S. The minimum Gasteiger partial charge on any atom is -0.320 e. The van der Waals surface area contributed by atoms with Crippen molar-refractivity contribution in [3.63, 3.8) is 0 Å². The first-order valence-electron chi connectivity index (χ1n) is 5.76. The van der Waals surface area contributed by atoms with E-state index in [1.54, 1.807) is 13.8 Å². The summed E-state index contributed by atoms with van der Waals surface area (Å²) in [5.41, 5.74) is 1.79. The van der Waals surface area contributed by atoms with Gasteiger partial charge in [0.25, 0.3) is 15.0 Å². The summed E-state index contributed by atoms with van der Waals surface area (Å²) in [7, 11) is 1.39. The minimum atomic E-state index is -3.88. The summed E-state index contributed by atoms with van der Waals surface area (Å²) in [5, 5.41) is 9.13. The van der Waals surface area contributed by atoms with Crippen LogP contribution in [0.25, 0.3) is 0 Å². The number of carbonyl (C=O) groups is 1. The van der Waals surface area contributed by atoms with E-state index in [9.17, 15) is 13.2 Å². The number of nitrogens with zero attached hydrogens (tertiary/aromatic N) is 1. The maximum absolute atomic E-state index is 12.1. The largest absolute Gasteiger partial charge is 0.320 e. The number of halogens is 2. The molecule has 0 radical (unpaired) electrons. The Kier molecular flexibility index (Phi) is 4.27. The van der Waals surface area contributed by atoms with Crippen molar-refractivity contribution >= 4 is 42.9 Å². The van der Waals surface area contributed by atoms with E-state index in [0.29, 0.717) is 22.5 Å². The Bertz CT molecular complexity index is 792. The second-order valence-electron chi connectivity index (χ2n) is 4.40. The standard InChI is InChI=1S/C12H11Cl2N3O3S/c1-6-3-8(21(14,19)20)4-10(13)11(6)16-12(18)9-5-15-17-7(9)2/h3-5H,1-2H3,(H,15,17)(H,16,18). The molecule has 6 nitrogen and oxygen atoms in total. The first kappa shape index (κ1) is 15.8. The number of rotatable bonds is 3. The van der Waals surface area contributed by atoms with E-state index in [-0.39, 0.29) is 9.92 Å². The number of hydrogen-bond acceptors (Lipinski definition) is 4. The van der Waals surface area contributed by atoms with E-state index >= 15 is 0 Å². The molecule has 2 aromatic rings. The van der Waals surface area contributed by atoms with Gasteiger partial charge >= 0.3 is 0 Å². The fraction of sp³-hybridized carbons (Fsp3) is 0.167. The lowest BCUT2D eigenvalue weighted by Gasteiger charge is -2.11. The highest BCUT2D eigenvalue weighted by Crippen LogP contribution is 2.31. The van der Waals surface area contributed by atoms with Crippen LogP contribution in [0.3, 0.4) is 0 Å². The van der Waals surface area contributed by atoms with Gasteiger partial charge in [-0.2, -0.15) is 5.10 Å². The molecule has 1 amide bonds. The average molecular weight is 348 g/mol. The highest BCUT2D eigenvalue weighted by molar-refractivity contribution is 8.13. The molecule has 0 aliphatic rings. The molecule has 0 aliphatic carbocycles. The maximum Gasteiger partial charge on any atom is 0.261 e. The monoisotopic (exact) mass is 347 g/mol. The van der Waals surface area contributed by atoms with Crippen molar-refractivity contribution in [2.24, 2.45) is 0 Å². The lowest BCUT2D eigenvalue weighted by molar-refractivity contribution is 0.102. The molecule has 0 unspecified atom stereocenters. The van der Waals surface area contributed by atoms with Gasteiger partial charge in [0.15, 0.2) is 0 Å². The second kappa shape index (κ2) is 5.67. The van der Waals surface area contributed by atoms with Crippen molar-refractivity contribution in [3.8, 4) is 0 Å². The molecule has 112 valence electrons. The summed E-state index contributed by atoms with van der Waals surface area (Å²) >= 11 is 6.02. The first-order chi connectivity index (χ1) is 9.70. The highest BCUT2D eigenvalue weighted by atomic mass is 35.7. The summed E-state index contributed by atoms with van der Waals surface area (Å²) < 4.78 is 22.6. The van der Waals surface area contributed by atoms with E-state index in [0.717, 1.165) is 0 Å². The van der Waals surface area contributed by atoms with Gasteiger partial charge in [0.1, 0.15) is 0 Å². The molecule has 1 heterocycles. The number of H-pyrrole nitrogens is 1. The van der Waals surface area contributed by atoms with Gasteiger partial charge in [-0.05, 0) is 31.5 Å². The van der Waals surface area contributed by atoms with Gasteiger partial charge in [0, 0.05) is 16.4 Å². The number of hydrogen-bond donors (Lipinski definition) is 2.